The second-order valence-electron chi connectivity index (χ2n) is 10.8. The molecule has 194 valence electrons. The predicted molar refractivity (Wildman–Crippen MR) is 129 cm³/mol. The summed E-state index contributed by atoms with van der Waals surface area (Å²) in [7, 11) is 0. The lowest BCUT2D eigenvalue weighted by Gasteiger charge is -2.48. The number of phenols is 1. The fourth-order valence-corrected chi connectivity index (χ4v) is 6.93. The molecule has 2 fully saturated rings. The largest absolute Gasteiger partial charge is 0.508 e. The third kappa shape index (κ3) is 3.59. The number of amides is 1. The van der Waals surface area contributed by atoms with Crippen LogP contribution in [0.5, 0.6) is 5.75 Å². The number of aryl methyl sites for hydroxylation is 1. The first kappa shape index (κ1) is 24.9. The summed E-state index contributed by atoms with van der Waals surface area (Å²) >= 11 is 0. The van der Waals surface area contributed by atoms with Gasteiger partial charge in [-0.05, 0) is 68.7 Å². The lowest BCUT2D eigenvalue weighted by atomic mass is 9.57. The minimum absolute atomic E-state index is 0.0957. The number of aromatic hydroxyl groups is 1. The van der Waals surface area contributed by atoms with Crippen LogP contribution in [0.1, 0.15) is 66.1 Å². The molecular formula is C27H34N2O7. The molecule has 36 heavy (non-hydrogen) atoms. The van der Waals surface area contributed by atoms with Crippen LogP contribution in [0.3, 0.4) is 0 Å². The minimum Gasteiger partial charge on any atom is -0.508 e. The fourth-order valence-electron chi connectivity index (χ4n) is 6.93. The van der Waals surface area contributed by atoms with Gasteiger partial charge in [-0.1, -0.05) is 19.4 Å². The number of nitrogens with zero attached hydrogens (tertiary/aromatic N) is 1. The average Bonchev–Trinajstić information content (AvgIpc) is 2.83. The molecule has 3 aliphatic carbocycles. The number of hydrogen-bond acceptors (Lipinski definition) is 8. The fraction of sp³-hybridized carbons (Fsp3) is 0.593. The molecule has 1 saturated carbocycles. The third-order valence-electron chi connectivity index (χ3n) is 8.78. The summed E-state index contributed by atoms with van der Waals surface area (Å²) in [5.41, 5.74) is 5.19. The Labute approximate surface area is 209 Å². The molecular weight excluding hydrogens is 464 g/mol. The number of ketones is 2. The molecule has 6 N–H and O–H groups in total. The summed E-state index contributed by atoms with van der Waals surface area (Å²) in [4.78, 5) is 41.1. The van der Waals surface area contributed by atoms with Crippen molar-refractivity contribution in [1.29, 1.82) is 0 Å². The van der Waals surface area contributed by atoms with Gasteiger partial charge in [-0.15, -0.1) is 0 Å². The van der Waals surface area contributed by atoms with E-state index in [-0.39, 0.29) is 29.7 Å². The monoisotopic (exact) mass is 498 g/mol. The number of fused-ring (bicyclic) bond motifs is 3. The zero-order valence-corrected chi connectivity index (χ0v) is 20.5. The predicted octanol–water partition coefficient (Wildman–Crippen LogP) is 1.29. The average molecular weight is 499 g/mol. The first-order chi connectivity index (χ1) is 17.1. The molecule has 9 nitrogen and oxygen atoms in total. The van der Waals surface area contributed by atoms with Crippen molar-refractivity contribution in [2.75, 3.05) is 13.1 Å². The molecule has 1 heterocycles. The number of hydrogen-bond donors (Lipinski definition) is 5. The highest BCUT2D eigenvalue weighted by atomic mass is 16.3. The van der Waals surface area contributed by atoms with Crippen molar-refractivity contribution in [2.24, 2.45) is 23.5 Å². The molecule has 1 amide bonds. The second-order valence-corrected chi connectivity index (χ2v) is 10.8. The minimum atomic E-state index is -2.48. The van der Waals surface area contributed by atoms with E-state index in [1.165, 1.54) is 6.42 Å². The van der Waals surface area contributed by atoms with E-state index in [4.69, 9.17) is 5.73 Å². The van der Waals surface area contributed by atoms with E-state index >= 15 is 0 Å². The van der Waals surface area contributed by atoms with Gasteiger partial charge in [0.05, 0.1) is 11.7 Å². The lowest BCUT2D eigenvalue weighted by molar-refractivity contribution is -0.167. The van der Waals surface area contributed by atoms with Crippen LogP contribution in [0.2, 0.25) is 0 Å². The molecule has 0 radical (unpaired) electrons. The normalized spacial score (nSPS) is 32.6. The lowest BCUT2D eigenvalue weighted by Crippen LogP contribution is -2.63. The highest BCUT2D eigenvalue weighted by Gasteiger charge is 2.62. The SMILES string of the molecule is CCc1cc(CN2CCCCC2)c(O)c2c1C[C@H]1C[C@H]3CC(O)C(C(N)=O)C(=O)[C@@]3(O)C(O)=C1C2=O. The van der Waals surface area contributed by atoms with Crippen molar-refractivity contribution >= 4 is 17.5 Å². The molecule has 1 aliphatic heterocycles. The first-order valence-corrected chi connectivity index (χ1v) is 12.9. The third-order valence-corrected chi connectivity index (χ3v) is 8.78. The van der Waals surface area contributed by atoms with Crippen LogP contribution >= 0.6 is 0 Å². The van der Waals surface area contributed by atoms with E-state index in [1.54, 1.807) is 0 Å². The molecule has 0 aromatic heterocycles. The number of piperidine rings is 1. The van der Waals surface area contributed by atoms with Gasteiger partial charge in [0.15, 0.2) is 17.2 Å². The van der Waals surface area contributed by atoms with E-state index in [1.807, 2.05) is 13.0 Å². The quantitative estimate of drug-likeness (QED) is 0.388. The van der Waals surface area contributed by atoms with Crippen LogP contribution in [-0.4, -0.2) is 67.6 Å². The molecule has 1 aromatic carbocycles. The molecule has 0 spiro atoms. The molecule has 2 unspecified atom stereocenters. The van der Waals surface area contributed by atoms with Crippen molar-refractivity contribution in [3.8, 4) is 5.75 Å². The topological polar surface area (TPSA) is 161 Å². The Morgan fingerprint density at radius 3 is 2.47 bits per heavy atom. The highest BCUT2D eigenvalue weighted by molar-refractivity contribution is 6.15. The summed E-state index contributed by atoms with van der Waals surface area (Å²) < 4.78 is 0. The maximum atomic E-state index is 13.8. The Balaban J connectivity index is 1.60. The molecule has 1 saturated heterocycles. The first-order valence-electron chi connectivity index (χ1n) is 12.9. The number of nitrogens with two attached hydrogens (primary N) is 1. The number of phenolic OH excluding ortho intramolecular Hbond substituents is 1. The molecule has 1 aromatic rings. The molecule has 4 aliphatic rings. The maximum absolute atomic E-state index is 13.8. The van der Waals surface area contributed by atoms with E-state index in [2.05, 4.69) is 4.90 Å². The Morgan fingerprint density at radius 1 is 1.14 bits per heavy atom. The number of rotatable bonds is 4. The van der Waals surface area contributed by atoms with Crippen molar-refractivity contribution in [3.63, 3.8) is 0 Å². The van der Waals surface area contributed by atoms with Gasteiger partial charge < -0.3 is 26.2 Å². The van der Waals surface area contributed by atoms with Crippen molar-refractivity contribution in [3.05, 3.63) is 39.7 Å². The van der Waals surface area contributed by atoms with Crippen LogP contribution in [0.15, 0.2) is 17.4 Å². The van der Waals surface area contributed by atoms with Crippen molar-refractivity contribution in [1.82, 2.24) is 4.90 Å². The van der Waals surface area contributed by atoms with Crippen LogP contribution < -0.4 is 5.73 Å². The number of aliphatic hydroxyl groups is 3. The Bertz CT molecular complexity index is 1170. The Hall–Kier alpha value is -2.75. The Kier molecular flexibility index (Phi) is 6.21. The second kappa shape index (κ2) is 8.97. The van der Waals surface area contributed by atoms with Gasteiger partial charge in [-0.2, -0.15) is 0 Å². The van der Waals surface area contributed by atoms with Crippen LogP contribution in [0.25, 0.3) is 0 Å². The number of benzene rings is 1. The number of carbonyl (C=O) groups excluding carboxylic acids is 3. The summed E-state index contributed by atoms with van der Waals surface area (Å²) in [6.07, 6.45) is 3.07. The number of allylic oxidation sites excluding steroid dienone is 1. The molecule has 5 rings (SSSR count). The van der Waals surface area contributed by atoms with Crippen LogP contribution in [0, 0.1) is 17.8 Å². The van der Waals surface area contributed by atoms with E-state index in [9.17, 15) is 34.8 Å². The molecule has 0 bridgehead atoms. The number of aliphatic hydroxyl groups excluding tert-OH is 2. The summed E-state index contributed by atoms with van der Waals surface area (Å²) in [5, 5.41) is 44.3. The van der Waals surface area contributed by atoms with E-state index in [0.29, 0.717) is 24.9 Å². The smallest absolute Gasteiger partial charge is 0.230 e. The van der Waals surface area contributed by atoms with Gasteiger partial charge in [0.1, 0.15) is 17.4 Å². The molecule has 5 atom stereocenters. The van der Waals surface area contributed by atoms with Crippen LogP contribution in [-0.2, 0) is 29.0 Å². The van der Waals surface area contributed by atoms with Crippen molar-refractivity contribution < 1.29 is 34.8 Å². The number of primary amides is 1. The standard InChI is InChI=1S/C27H34N2O7/c1-2-13-8-15(12-29-6-4-3-5-7-29)22(31)20-17(13)10-14-9-16-11-18(30)21(26(28)35)25(34)27(16,36)24(33)19(14)23(20)32/h8,14,16,18,21,30-31,33,36H,2-7,9-12H2,1H3,(H2,28,35)/t14-,16+,18?,21?,27+/m1/s1. The van der Waals surface area contributed by atoms with Gasteiger partial charge >= 0.3 is 0 Å². The number of likely N-dealkylation sites (tertiary alicyclic amines) is 1. The Morgan fingerprint density at radius 2 is 1.83 bits per heavy atom. The van der Waals surface area contributed by atoms with Gasteiger partial charge in [-0.25, -0.2) is 0 Å². The number of carbonyl (C=O) groups is 3. The van der Waals surface area contributed by atoms with Gasteiger partial charge in [0, 0.05) is 23.6 Å². The summed E-state index contributed by atoms with van der Waals surface area (Å²) in [6, 6.07) is 1.97. The molecule has 9 heteroatoms. The highest BCUT2D eigenvalue weighted by Crippen LogP contribution is 2.52. The maximum Gasteiger partial charge on any atom is 0.230 e. The summed E-state index contributed by atoms with van der Waals surface area (Å²) in [5.74, 6) is -6.70. The number of Topliss-reactive ketones (excluding diaryl/α,β-unsaturated/α-hetero) is 2. The zero-order chi connectivity index (χ0) is 25.9. The van der Waals surface area contributed by atoms with Gasteiger partial charge in [0.25, 0.3) is 0 Å². The zero-order valence-electron chi connectivity index (χ0n) is 20.5. The van der Waals surface area contributed by atoms with E-state index in [0.717, 1.165) is 37.1 Å². The van der Waals surface area contributed by atoms with E-state index < -0.39 is 52.7 Å². The van der Waals surface area contributed by atoms with Crippen LogP contribution in [0.4, 0.5) is 0 Å². The van der Waals surface area contributed by atoms with Gasteiger partial charge in [-0.3, -0.25) is 19.3 Å². The van der Waals surface area contributed by atoms with Gasteiger partial charge in [0.2, 0.25) is 5.91 Å². The summed E-state index contributed by atoms with van der Waals surface area (Å²) in [6.45, 7) is 4.34. The van der Waals surface area contributed by atoms with Crippen molar-refractivity contribution in [2.45, 2.75) is 70.1 Å².